The van der Waals surface area contributed by atoms with E-state index >= 15 is 0 Å². The first-order valence-electron chi connectivity index (χ1n) is 7.08. The van der Waals surface area contributed by atoms with Crippen molar-refractivity contribution < 1.29 is 0 Å². The maximum atomic E-state index is 5.96. The monoisotopic (exact) mass is 274 g/mol. The van der Waals surface area contributed by atoms with Crippen LogP contribution in [0.3, 0.4) is 0 Å². The zero-order valence-corrected chi connectivity index (χ0v) is 12.1. The number of hydrogen-bond donors (Lipinski definition) is 0. The smallest absolute Gasteiger partial charge is 0.0673 e. The summed E-state index contributed by atoms with van der Waals surface area (Å²) < 4.78 is 0. The summed E-state index contributed by atoms with van der Waals surface area (Å²) in [6.07, 6.45) is 4.90. The number of rotatable bonds is 2. The van der Waals surface area contributed by atoms with Crippen LogP contribution in [0, 0.1) is 0 Å². The summed E-state index contributed by atoms with van der Waals surface area (Å²) in [6.45, 7) is 4.21. The number of benzene rings is 1. The summed E-state index contributed by atoms with van der Waals surface area (Å²) in [5.41, 5.74) is 5.16. The van der Waals surface area contributed by atoms with Crippen LogP contribution in [0.1, 0.15) is 38.2 Å². The van der Waals surface area contributed by atoms with Crippen molar-refractivity contribution in [1.29, 1.82) is 0 Å². The van der Waals surface area contributed by atoms with E-state index in [4.69, 9.17) is 16.6 Å². The lowest BCUT2D eigenvalue weighted by atomic mass is 9.97. The van der Waals surface area contributed by atoms with Crippen LogP contribution in [-0.4, -0.2) is 23.7 Å². The van der Waals surface area contributed by atoms with E-state index < -0.39 is 0 Å². The van der Waals surface area contributed by atoms with Crippen LogP contribution in [0.4, 0.5) is 0 Å². The van der Waals surface area contributed by atoms with E-state index in [-0.39, 0.29) is 0 Å². The zero-order valence-electron chi connectivity index (χ0n) is 11.3. The van der Waals surface area contributed by atoms with Crippen LogP contribution in [0.5, 0.6) is 0 Å². The Labute approximate surface area is 119 Å². The van der Waals surface area contributed by atoms with E-state index in [0.717, 1.165) is 24.5 Å². The maximum absolute atomic E-state index is 5.96. The van der Waals surface area contributed by atoms with Crippen molar-refractivity contribution in [1.82, 2.24) is 4.90 Å². The molecule has 3 heteroatoms. The van der Waals surface area contributed by atoms with Gasteiger partial charge in [-0.05, 0) is 50.3 Å². The highest BCUT2D eigenvalue weighted by Gasteiger charge is 2.23. The van der Waals surface area contributed by atoms with Gasteiger partial charge in [0.2, 0.25) is 0 Å². The van der Waals surface area contributed by atoms with Crippen LogP contribution in [0.2, 0.25) is 5.02 Å². The lowest BCUT2D eigenvalue weighted by Crippen LogP contribution is -2.34. The number of allylic oxidation sites excluding steroid dienone is 2. The third kappa shape index (κ3) is 2.55. The Morgan fingerprint density at radius 2 is 1.89 bits per heavy atom. The highest BCUT2D eigenvalue weighted by Crippen LogP contribution is 2.31. The third-order valence-corrected chi connectivity index (χ3v) is 4.21. The average molecular weight is 275 g/mol. The van der Waals surface area contributed by atoms with Crippen molar-refractivity contribution in [3.63, 3.8) is 0 Å². The molecular weight excluding hydrogens is 256 g/mol. The van der Waals surface area contributed by atoms with E-state index in [1.54, 1.807) is 0 Å². The van der Waals surface area contributed by atoms with Gasteiger partial charge in [0.1, 0.15) is 0 Å². The first-order valence-corrected chi connectivity index (χ1v) is 7.46. The quantitative estimate of drug-likeness (QED) is 0.787. The normalized spacial score (nSPS) is 19.3. The lowest BCUT2D eigenvalue weighted by Gasteiger charge is -2.34. The third-order valence-electron chi connectivity index (χ3n) is 3.96. The van der Waals surface area contributed by atoms with Gasteiger partial charge < -0.3 is 4.90 Å². The number of aliphatic imine (C=N–C) groups is 1. The molecule has 0 fully saturated rings. The van der Waals surface area contributed by atoms with E-state index in [9.17, 15) is 0 Å². The molecule has 100 valence electrons. The Hall–Kier alpha value is -1.28. The van der Waals surface area contributed by atoms with Gasteiger partial charge in [0.15, 0.2) is 0 Å². The lowest BCUT2D eigenvalue weighted by molar-refractivity contribution is 0.365. The molecule has 0 saturated heterocycles. The second-order valence-electron chi connectivity index (χ2n) is 5.18. The van der Waals surface area contributed by atoms with Gasteiger partial charge in [0.05, 0.1) is 18.0 Å². The van der Waals surface area contributed by atoms with E-state index in [2.05, 4.69) is 24.0 Å². The molecule has 1 aromatic carbocycles. The van der Waals surface area contributed by atoms with Crippen LogP contribution in [0.15, 0.2) is 40.7 Å². The highest BCUT2D eigenvalue weighted by molar-refractivity contribution is 6.30. The van der Waals surface area contributed by atoms with Crippen molar-refractivity contribution in [3.8, 4) is 0 Å². The number of hydrogen-bond acceptors (Lipinski definition) is 2. The topological polar surface area (TPSA) is 15.6 Å². The minimum atomic E-state index is 0.782. The molecule has 2 nitrogen and oxygen atoms in total. The molecule has 0 amide bonds. The van der Waals surface area contributed by atoms with Gasteiger partial charge in [-0.25, -0.2) is 0 Å². The van der Waals surface area contributed by atoms with Crippen LogP contribution in [-0.2, 0) is 0 Å². The van der Waals surface area contributed by atoms with Gasteiger partial charge in [-0.15, -0.1) is 0 Å². The van der Waals surface area contributed by atoms with Gasteiger partial charge in [-0.3, -0.25) is 4.99 Å². The molecule has 0 unspecified atom stereocenters. The largest absolute Gasteiger partial charge is 0.368 e. The first-order chi connectivity index (χ1) is 9.28. The standard InChI is InChI=1S/C16H19ClN2/c1-2-19-11-15(12-7-9-13(17)10-8-12)18-14-5-3-4-6-16(14)19/h7-10H,2-6,11H2,1H3. The van der Waals surface area contributed by atoms with E-state index in [0.29, 0.717) is 0 Å². The zero-order chi connectivity index (χ0) is 13.2. The summed E-state index contributed by atoms with van der Waals surface area (Å²) in [4.78, 5) is 7.39. The fourth-order valence-corrected chi connectivity index (χ4v) is 3.04. The fourth-order valence-electron chi connectivity index (χ4n) is 2.91. The van der Waals surface area contributed by atoms with Crippen molar-refractivity contribution >= 4 is 17.3 Å². The summed E-state index contributed by atoms with van der Waals surface area (Å²) in [5.74, 6) is 0. The minimum Gasteiger partial charge on any atom is -0.368 e. The molecule has 0 atom stereocenters. The van der Waals surface area contributed by atoms with Gasteiger partial charge in [0.25, 0.3) is 0 Å². The van der Waals surface area contributed by atoms with Crippen molar-refractivity contribution in [3.05, 3.63) is 46.2 Å². The van der Waals surface area contributed by atoms with E-state index in [1.807, 2.05) is 12.1 Å². The Bertz CT molecular complexity index is 528. The SMILES string of the molecule is CCN1CC(c2ccc(Cl)cc2)=NC2=C1CCCC2. The van der Waals surface area contributed by atoms with Gasteiger partial charge in [-0.1, -0.05) is 23.7 Å². The highest BCUT2D eigenvalue weighted by atomic mass is 35.5. The summed E-state index contributed by atoms with van der Waals surface area (Å²) >= 11 is 5.96. The number of likely N-dealkylation sites (N-methyl/N-ethyl adjacent to an activating group) is 1. The molecule has 0 bridgehead atoms. The average Bonchev–Trinajstić information content (AvgIpc) is 2.47. The van der Waals surface area contributed by atoms with Crippen molar-refractivity contribution in [2.45, 2.75) is 32.6 Å². The van der Waals surface area contributed by atoms with Crippen LogP contribution >= 0.6 is 11.6 Å². The molecule has 1 heterocycles. The summed E-state index contributed by atoms with van der Waals surface area (Å²) in [6, 6.07) is 8.04. The Kier molecular flexibility index (Phi) is 3.61. The van der Waals surface area contributed by atoms with Gasteiger partial charge in [0, 0.05) is 17.3 Å². The predicted molar refractivity (Wildman–Crippen MR) is 80.7 cm³/mol. The molecule has 19 heavy (non-hydrogen) atoms. The number of nitrogens with zero attached hydrogens (tertiary/aromatic N) is 2. The minimum absolute atomic E-state index is 0.782. The van der Waals surface area contributed by atoms with Crippen LogP contribution in [0.25, 0.3) is 0 Å². The second kappa shape index (κ2) is 5.38. The maximum Gasteiger partial charge on any atom is 0.0673 e. The second-order valence-corrected chi connectivity index (χ2v) is 5.62. The molecule has 1 aliphatic heterocycles. The molecule has 0 spiro atoms. The molecule has 2 aliphatic rings. The predicted octanol–water partition coefficient (Wildman–Crippen LogP) is 4.25. The van der Waals surface area contributed by atoms with Crippen molar-refractivity contribution in [2.75, 3.05) is 13.1 Å². The molecule has 0 saturated carbocycles. The molecule has 0 aromatic heterocycles. The van der Waals surface area contributed by atoms with Gasteiger partial charge in [-0.2, -0.15) is 0 Å². The fraction of sp³-hybridized carbons (Fsp3) is 0.438. The number of halogens is 1. The first kappa shape index (κ1) is 12.7. The Morgan fingerprint density at radius 3 is 2.63 bits per heavy atom. The molecule has 1 aliphatic carbocycles. The summed E-state index contributed by atoms with van der Waals surface area (Å²) in [5, 5.41) is 0.782. The Morgan fingerprint density at radius 1 is 1.16 bits per heavy atom. The van der Waals surface area contributed by atoms with Gasteiger partial charge >= 0.3 is 0 Å². The molecule has 1 aromatic rings. The summed E-state index contributed by atoms with van der Waals surface area (Å²) in [7, 11) is 0. The van der Waals surface area contributed by atoms with Crippen LogP contribution < -0.4 is 0 Å². The Balaban J connectivity index is 1.96. The molecule has 0 N–H and O–H groups in total. The molecule has 0 radical (unpaired) electrons. The molecular formula is C16H19ClN2. The van der Waals surface area contributed by atoms with Crippen molar-refractivity contribution in [2.24, 2.45) is 4.99 Å². The van der Waals surface area contributed by atoms with E-state index in [1.165, 1.54) is 41.9 Å². The molecule has 3 rings (SSSR count).